The van der Waals surface area contributed by atoms with Crippen LogP contribution in [-0.4, -0.2) is 84.3 Å². The fourth-order valence-electron chi connectivity index (χ4n) is 3.88. The van der Waals surface area contributed by atoms with Crippen molar-refractivity contribution >= 4 is 39.1 Å². The molecule has 33 heavy (non-hydrogen) atoms. The normalized spacial score (nSPS) is 16.1. The van der Waals surface area contributed by atoms with Crippen molar-refractivity contribution in [2.75, 3.05) is 52.4 Å². The number of halogens is 1. The fraction of sp³-hybridized carbons (Fsp3) is 0.417. The highest BCUT2D eigenvalue weighted by molar-refractivity contribution is 7.18. The Hall–Kier alpha value is -2.23. The number of nitrogens with one attached hydrogen (secondary N) is 1. The molecule has 0 radical (unpaired) electrons. The first-order valence-corrected chi connectivity index (χ1v) is 12.3. The summed E-state index contributed by atoms with van der Waals surface area (Å²) in [6, 6.07) is 12.8. The highest BCUT2D eigenvalue weighted by Crippen LogP contribution is 2.25. The van der Waals surface area contributed by atoms with E-state index in [1.807, 2.05) is 25.1 Å². The second kappa shape index (κ2) is 11.3. The molecule has 1 atom stereocenters. The van der Waals surface area contributed by atoms with Crippen molar-refractivity contribution in [3.8, 4) is 5.75 Å². The summed E-state index contributed by atoms with van der Waals surface area (Å²) in [5.74, 6) is 0.648. The highest BCUT2D eigenvalue weighted by Gasteiger charge is 2.19. The molecule has 2 aromatic carbocycles. The van der Waals surface area contributed by atoms with E-state index < -0.39 is 6.10 Å². The number of aromatic nitrogens is 1. The van der Waals surface area contributed by atoms with E-state index in [1.165, 1.54) is 0 Å². The van der Waals surface area contributed by atoms with Gasteiger partial charge < -0.3 is 15.2 Å². The average Bonchev–Trinajstić information content (AvgIpc) is 3.18. The number of carbonyl (C=O) groups is 1. The van der Waals surface area contributed by atoms with Gasteiger partial charge in [-0.05, 0) is 43.3 Å². The van der Waals surface area contributed by atoms with Gasteiger partial charge in [-0.1, -0.05) is 11.6 Å². The van der Waals surface area contributed by atoms with Crippen molar-refractivity contribution in [2.45, 2.75) is 13.0 Å². The molecule has 2 heterocycles. The van der Waals surface area contributed by atoms with Crippen LogP contribution in [0.4, 0.5) is 0 Å². The van der Waals surface area contributed by atoms with Gasteiger partial charge in [-0.3, -0.25) is 14.6 Å². The second-order valence-corrected chi connectivity index (χ2v) is 9.90. The molecule has 1 aliphatic heterocycles. The molecule has 1 saturated heterocycles. The van der Waals surface area contributed by atoms with Gasteiger partial charge >= 0.3 is 0 Å². The number of ether oxygens (including phenoxy) is 1. The van der Waals surface area contributed by atoms with Crippen LogP contribution in [0.1, 0.15) is 15.4 Å². The largest absolute Gasteiger partial charge is 0.491 e. The van der Waals surface area contributed by atoms with Crippen LogP contribution in [0.15, 0.2) is 42.5 Å². The van der Waals surface area contributed by atoms with Crippen molar-refractivity contribution in [1.82, 2.24) is 20.1 Å². The van der Waals surface area contributed by atoms with Crippen LogP contribution in [-0.2, 0) is 0 Å². The molecule has 1 fully saturated rings. The smallest absolute Gasteiger partial charge is 0.251 e. The lowest BCUT2D eigenvalue weighted by molar-refractivity contribution is 0.0462. The third-order valence-electron chi connectivity index (χ3n) is 5.66. The van der Waals surface area contributed by atoms with Crippen LogP contribution in [0.25, 0.3) is 10.2 Å². The van der Waals surface area contributed by atoms with E-state index >= 15 is 0 Å². The maximum absolute atomic E-state index is 12.2. The van der Waals surface area contributed by atoms with Crippen LogP contribution in [0.5, 0.6) is 5.75 Å². The Balaban J connectivity index is 1.12. The van der Waals surface area contributed by atoms with Crippen molar-refractivity contribution < 1.29 is 14.6 Å². The Morgan fingerprint density at radius 3 is 2.67 bits per heavy atom. The number of rotatable bonds is 9. The van der Waals surface area contributed by atoms with Gasteiger partial charge in [-0.15, -0.1) is 11.3 Å². The average molecular weight is 489 g/mol. The molecular formula is C24H29ClN4O3S. The standard InChI is InChI=1S/C24H29ClN4O3S/c1-17-27-22-14-21(6-7-23(22)33-17)32-16-20(30)15-29-12-10-28(11-13-29)9-8-26-24(31)18-2-4-19(25)5-3-18/h2-7,14,20,30H,8-13,15-16H2,1H3,(H,26,31)/t20-/m1/s1. The van der Waals surface area contributed by atoms with Gasteiger partial charge in [0.1, 0.15) is 18.5 Å². The van der Waals surface area contributed by atoms with E-state index in [-0.39, 0.29) is 12.5 Å². The van der Waals surface area contributed by atoms with Gasteiger partial charge in [-0.25, -0.2) is 4.98 Å². The first-order valence-electron chi connectivity index (χ1n) is 11.1. The lowest BCUT2D eigenvalue weighted by atomic mass is 10.2. The number of aliphatic hydroxyl groups excluding tert-OH is 1. The van der Waals surface area contributed by atoms with Gasteiger partial charge in [0.2, 0.25) is 0 Å². The van der Waals surface area contributed by atoms with Crippen LogP contribution >= 0.6 is 22.9 Å². The zero-order valence-corrected chi connectivity index (χ0v) is 20.2. The Bertz CT molecular complexity index is 1070. The summed E-state index contributed by atoms with van der Waals surface area (Å²) in [4.78, 5) is 21.2. The Morgan fingerprint density at radius 2 is 1.91 bits per heavy atom. The summed E-state index contributed by atoms with van der Waals surface area (Å²) in [7, 11) is 0. The SMILES string of the molecule is Cc1nc2cc(OC[C@H](O)CN3CCN(CCNC(=O)c4ccc(Cl)cc4)CC3)ccc2s1. The third kappa shape index (κ3) is 6.88. The van der Waals surface area contributed by atoms with Gasteiger partial charge in [0.15, 0.2) is 0 Å². The molecule has 3 aromatic rings. The molecule has 7 nitrogen and oxygen atoms in total. The number of amides is 1. The predicted octanol–water partition coefficient (Wildman–Crippen LogP) is 3.05. The first kappa shape index (κ1) is 23.9. The number of piperazine rings is 1. The molecule has 4 rings (SSSR count). The second-order valence-electron chi connectivity index (χ2n) is 8.23. The number of β-amino-alcohol motifs (C(OH)–C–C–N with tert-alkyl or cyclic N) is 1. The molecule has 0 bridgehead atoms. The number of carbonyl (C=O) groups excluding carboxylic acids is 1. The van der Waals surface area contributed by atoms with Crippen molar-refractivity contribution in [1.29, 1.82) is 0 Å². The third-order valence-corrected chi connectivity index (χ3v) is 6.87. The van der Waals surface area contributed by atoms with Crippen molar-refractivity contribution in [2.24, 2.45) is 0 Å². The Morgan fingerprint density at radius 1 is 1.18 bits per heavy atom. The number of thiazole rings is 1. The van der Waals surface area contributed by atoms with Crippen LogP contribution in [0.2, 0.25) is 5.02 Å². The van der Waals surface area contributed by atoms with E-state index in [9.17, 15) is 9.90 Å². The number of fused-ring (bicyclic) bond motifs is 1. The molecule has 0 spiro atoms. The fourth-order valence-corrected chi connectivity index (χ4v) is 4.82. The number of hydrogen-bond donors (Lipinski definition) is 2. The van der Waals surface area contributed by atoms with E-state index in [0.717, 1.165) is 53.7 Å². The van der Waals surface area contributed by atoms with E-state index in [4.69, 9.17) is 16.3 Å². The first-order chi connectivity index (χ1) is 16.0. The zero-order valence-electron chi connectivity index (χ0n) is 18.7. The molecule has 0 aliphatic carbocycles. The van der Waals surface area contributed by atoms with Gasteiger partial charge in [0, 0.05) is 62.5 Å². The molecule has 1 aromatic heterocycles. The molecule has 0 saturated carbocycles. The lowest BCUT2D eigenvalue weighted by Gasteiger charge is -2.35. The van der Waals surface area contributed by atoms with Gasteiger partial charge in [0.25, 0.3) is 5.91 Å². The topological polar surface area (TPSA) is 77.9 Å². The van der Waals surface area contributed by atoms with E-state index in [0.29, 0.717) is 23.7 Å². The molecule has 2 N–H and O–H groups in total. The molecular weight excluding hydrogens is 460 g/mol. The lowest BCUT2D eigenvalue weighted by Crippen LogP contribution is -2.50. The van der Waals surface area contributed by atoms with Crippen LogP contribution in [0.3, 0.4) is 0 Å². The quantitative estimate of drug-likeness (QED) is 0.482. The monoisotopic (exact) mass is 488 g/mol. The Kier molecular flexibility index (Phi) is 8.16. The summed E-state index contributed by atoms with van der Waals surface area (Å²) >= 11 is 7.53. The highest BCUT2D eigenvalue weighted by atomic mass is 35.5. The van der Waals surface area contributed by atoms with Crippen LogP contribution in [0, 0.1) is 6.92 Å². The molecule has 0 unspecified atom stereocenters. The summed E-state index contributed by atoms with van der Waals surface area (Å²) < 4.78 is 6.94. The van der Waals surface area contributed by atoms with Gasteiger partial charge in [0.05, 0.1) is 15.2 Å². The maximum atomic E-state index is 12.2. The summed E-state index contributed by atoms with van der Waals surface area (Å²) in [5, 5.41) is 15.0. The minimum Gasteiger partial charge on any atom is -0.491 e. The molecule has 9 heteroatoms. The summed E-state index contributed by atoms with van der Waals surface area (Å²) in [6.07, 6.45) is -0.553. The molecule has 1 amide bonds. The summed E-state index contributed by atoms with van der Waals surface area (Å²) in [6.45, 7) is 7.81. The number of hydrogen-bond acceptors (Lipinski definition) is 7. The summed E-state index contributed by atoms with van der Waals surface area (Å²) in [5.41, 5.74) is 1.55. The number of aliphatic hydroxyl groups is 1. The van der Waals surface area contributed by atoms with E-state index in [2.05, 4.69) is 20.1 Å². The van der Waals surface area contributed by atoms with Crippen molar-refractivity contribution in [3.05, 3.63) is 58.1 Å². The number of nitrogens with zero attached hydrogens (tertiary/aromatic N) is 3. The zero-order chi connectivity index (χ0) is 23.2. The van der Waals surface area contributed by atoms with Gasteiger partial charge in [-0.2, -0.15) is 0 Å². The minimum absolute atomic E-state index is 0.0857. The molecule has 176 valence electrons. The van der Waals surface area contributed by atoms with E-state index in [1.54, 1.807) is 35.6 Å². The van der Waals surface area contributed by atoms with Crippen LogP contribution < -0.4 is 10.1 Å². The molecule has 1 aliphatic rings. The predicted molar refractivity (Wildman–Crippen MR) is 133 cm³/mol. The Labute approximate surface area is 202 Å². The maximum Gasteiger partial charge on any atom is 0.251 e. The van der Waals surface area contributed by atoms with Crippen molar-refractivity contribution in [3.63, 3.8) is 0 Å². The number of aryl methyl sites for hydroxylation is 1. The number of benzene rings is 2. The minimum atomic E-state index is -0.553.